The van der Waals surface area contributed by atoms with Crippen molar-refractivity contribution < 1.29 is 18.3 Å². The number of aliphatic carboxylic acids is 1. The summed E-state index contributed by atoms with van der Waals surface area (Å²) < 4.78 is 22.7. The summed E-state index contributed by atoms with van der Waals surface area (Å²) in [7, 11) is -2.83. The molecule has 1 N–H and O–H groups in total. The van der Waals surface area contributed by atoms with Gasteiger partial charge in [-0.15, -0.1) is 0 Å². The largest absolute Gasteiger partial charge is 0.481 e. The number of carboxylic acids is 1. The SMILES string of the molecule is C[C@@H]1CN(C2CCS(=O)(=O)CC2)C[C@H]1C(=O)O. The molecular weight excluding hydrogens is 242 g/mol. The van der Waals surface area contributed by atoms with Crippen LogP contribution in [0.25, 0.3) is 0 Å². The van der Waals surface area contributed by atoms with Gasteiger partial charge in [-0.2, -0.15) is 0 Å². The maximum absolute atomic E-state index is 11.3. The van der Waals surface area contributed by atoms with E-state index < -0.39 is 15.8 Å². The molecule has 0 radical (unpaired) electrons. The highest BCUT2D eigenvalue weighted by atomic mass is 32.2. The maximum Gasteiger partial charge on any atom is 0.308 e. The fraction of sp³-hybridized carbons (Fsp3) is 0.909. The van der Waals surface area contributed by atoms with Crippen molar-refractivity contribution >= 4 is 15.8 Å². The molecule has 2 fully saturated rings. The van der Waals surface area contributed by atoms with E-state index in [1.165, 1.54) is 0 Å². The quantitative estimate of drug-likeness (QED) is 0.769. The molecule has 2 rings (SSSR count). The molecule has 6 heteroatoms. The minimum Gasteiger partial charge on any atom is -0.481 e. The first-order valence-electron chi connectivity index (χ1n) is 6.06. The van der Waals surface area contributed by atoms with E-state index in [9.17, 15) is 13.2 Å². The Balaban J connectivity index is 1.95. The molecule has 2 atom stereocenters. The van der Waals surface area contributed by atoms with Crippen molar-refractivity contribution in [2.45, 2.75) is 25.8 Å². The molecule has 0 saturated carbocycles. The zero-order valence-corrected chi connectivity index (χ0v) is 10.8. The van der Waals surface area contributed by atoms with Crippen molar-refractivity contribution in [2.24, 2.45) is 11.8 Å². The number of hydrogen-bond donors (Lipinski definition) is 1. The number of carboxylic acid groups (broad SMARTS) is 1. The minimum atomic E-state index is -2.83. The molecule has 98 valence electrons. The van der Waals surface area contributed by atoms with Gasteiger partial charge in [0, 0.05) is 19.1 Å². The van der Waals surface area contributed by atoms with E-state index in [0.29, 0.717) is 19.4 Å². The molecule has 2 aliphatic heterocycles. The Morgan fingerprint density at radius 2 is 1.82 bits per heavy atom. The summed E-state index contributed by atoms with van der Waals surface area (Å²) >= 11 is 0. The van der Waals surface area contributed by atoms with Crippen LogP contribution in [0.2, 0.25) is 0 Å². The third-order valence-corrected chi connectivity index (χ3v) is 5.71. The van der Waals surface area contributed by atoms with Gasteiger partial charge in [-0.05, 0) is 18.8 Å². The van der Waals surface area contributed by atoms with E-state index in [2.05, 4.69) is 4.90 Å². The summed E-state index contributed by atoms with van der Waals surface area (Å²) in [6, 6.07) is 0.255. The number of nitrogens with zero attached hydrogens (tertiary/aromatic N) is 1. The monoisotopic (exact) mass is 261 g/mol. The molecule has 17 heavy (non-hydrogen) atoms. The third kappa shape index (κ3) is 2.80. The molecule has 2 saturated heterocycles. The van der Waals surface area contributed by atoms with Crippen LogP contribution in [0.5, 0.6) is 0 Å². The summed E-state index contributed by atoms with van der Waals surface area (Å²) in [6.07, 6.45) is 1.31. The zero-order chi connectivity index (χ0) is 12.6. The molecule has 0 unspecified atom stereocenters. The highest BCUT2D eigenvalue weighted by Crippen LogP contribution is 2.28. The van der Waals surface area contributed by atoms with Crippen LogP contribution in [-0.4, -0.2) is 55.0 Å². The van der Waals surface area contributed by atoms with Crippen LogP contribution >= 0.6 is 0 Å². The second-order valence-electron chi connectivity index (χ2n) is 5.26. The second kappa shape index (κ2) is 4.57. The Morgan fingerprint density at radius 1 is 1.24 bits per heavy atom. The molecule has 5 nitrogen and oxygen atoms in total. The Bertz CT molecular complexity index is 392. The molecule has 0 spiro atoms. The number of likely N-dealkylation sites (tertiary alicyclic amines) is 1. The van der Waals surface area contributed by atoms with Crippen molar-refractivity contribution in [3.63, 3.8) is 0 Å². The Labute approximate surface area is 102 Å². The molecule has 0 bridgehead atoms. The second-order valence-corrected chi connectivity index (χ2v) is 7.56. The van der Waals surface area contributed by atoms with E-state index >= 15 is 0 Å². The highest BCUT2D eigenvalue weighted by Gasteiger charge is 2.39. The van der Waals surface area contributed by atoms with Crippen LogP contribution < -0.4 is 0 Å². The van der Waals surface area contributed by atoms with Crippen molar-refractivity contribution in [1.82, 2.24) is 4.90 Å². The van der Waals surface area contributed by atoms with E-state index in [0.717, 1.165) is 6.54 Å². The minimum absolute atomic E-state index is 0.158. The topological polar surface area (TPSA) is 74.7 Å². The number of hydrogen-bond acceptors (Lipinski definition) is 4. The van der Waals surface area contributed by atoms with Gasteiger partial charge in [0.05, 0.1) is 17.4 Å². The predicted octanol–water partition coefficient (Wildman–Crippen LogP) is 0.216. The van der Waals surface area contributed by atoms with Gasteiger partial charge in [0.15, 0.2) is 0 Å². The Hall–Kier alpha value is -0.620. The average Bonchev–Trinajstić information content (AvgIpc) is 2.60. The van der Waals surface area contributed by atoms with Gasteiger partial charge < -0.3 is 5.11 Å². The molecule has 0 aromatic rings. The first-order valence-corrected chi connectivity index (χ1v) is 7.88. The van der Waals surface area contributed by atoms with Crippen LogP contribution in [-0.2, 0) is 14.6 Å². The highest BCUT2D eigenvalue weighted by molar-refractivity contribution is 7.91. The third-order valence-electron chi connectivity index (χ3n) is 4.00. The van der Waals surface area contributed by atoms with Gasteiger partial charge in [-0.3, -0.25) is 9.69 Å². The Kier molecular flexibility index (Phi) is 3.45. The molecule has 2 aliphatic rings. The van der Waals surface area contributed by atoms with Gasteiger partial charge >= 0.3 is 5.97 Å². The van der Waals surface area contributed by atoms with Crippen LogP contribution in [0.1, 0.15) is 19.8 Å². The number of sulfone groups is 1. The predicted molar refractivity (Wildman–Crippen MR) is 63.5 cm³/mol. The summed E-state index contributed by atoms with van der Waals surface area (Å²) in [5, 5.41) is 9.06. The van der Waals surface area contributed by atoms with Gasteiger partial charge in [-0.1, -0.05) is 6.92 Å². The summed E-state index contributed by atoms with van der Waals surface area (Å²) in [5.41, 5.74) is 0. The number of rotatable bonds is 2. The Morgan fingerprint density at radius 3 is 2.29 bits per heavy atom. The first-order chi connectivity index (χ1) is 7.89. The van der Waals surface area contributed by atoms with Crippen LogP contribution in [0.3, 0.4) is 0 Å². The van der Waals surface area contributed by atoms with Crippen LogP contribution in [0, 0.1) is 11.8 Å². The fourth-order valence-corrected chi connectivity index (χ4v) is 4.33. The van der Waals surface area contributed by atoms with Crippen molar-refractivity contribution in [2.75, 3.05) is 24.6 Å². The van der Waals surface area contributed by atoms with Gasteiger partial charge in [-0.25, -0.2) is 8.42 Å². The lowest BCUT2D eigenvalue weighted by molar-refractivity contribution is -0.142. The lowest BCUT2D eigenvalue weighted by Crippen LogP contribution is -2.40. The van der Waals surface area contributed by atoms with Crippen LogP contribution in [0.15, 0.2) is 0 Å². The van der Waals surface area contributed by atoms with E-state index in [1.807, 2.05) is 6.92 Å². The number of carbonyl (C=O) groups is 1. The molecule has 2 heterocycles. The molecule has 0 aromatic carbocycles. The van der Waals surface area contributed by atoms with E-state index in [4.69, 9.17) is 5.11 Å². The molecule has 0 aliphatic carbocycles. The normalized spacial score (nSPS) is 34.9. The van der Waals surface area contributed by atoms with Crippen molar-refractivity contribution in [3.05, 3.63) is 0 Å². The molecular formula is C11H19NO4S. The van der Waals surface area contributed by atoms with Crippen LogP contribution in [0.4, 0.5) is 0 Å². The molecule has 0 amide bonds. The maximum atomic E-state index is 11.3. The van der Waals surface area contributed by atoms with Gasteiger partial charge in [0.2, 0.25) is 0 Å². The van der Waals surface area contributed by atoms with E-state index in [-0.39, 0.29) is 29.4 Å². The average molecular weight is 261 g/mol. The first kappa shape index (κ1) is 12.8. The summed E-state index contributed by atoms with van der Waals surface area (Å²) in [5.74, 6) is -0.372. The summed E-state index contributed by atoms with van der Waals surface area (Å²) in [4.78, 5) is 13.2. The summed E-state index contributed by atoms with van der Waals surface area (Å²) in [6.45, 7) is 3.31. The smallest absolute Gasteiger partial charge is 0.308 e. The van der Waals surface area contributed by atoms with Crippen molar-refractivity contribution in [1.29, 1.82) is 0 Å². The lowest BCUT2D eigenvalue weighted by Gasteiger charge is -2.30. The standard InChI is InChI=1S/C11H19NO4S/c1-8-6-12(7-10(8)11(13)14)9-2-4-17(15,16)5-3-9/h8-10H,2-7H2,1H3,(H,13,14)/t8-,10-/m1/s1. The van der Waals surface area contributed by atoms with Gasteiger partial charge in [0.25, 0.3) is 0 Å². The zero-order valence-electron chi connectivity index (χ0n) is 10.0. The lowest BCUT2D eigenvalue weighted by atomic mass is 9.99. The van der Waals surface area contributed by atoms with E-state index in [1.54, 1.807) is 0 Å². The van der Waals surface area contributed by atoms with Gasteiger partial charge in [0.1, 0.15) is 9.84 Å². The fourth-order valence-electron chi connectivity index (χ4n) is 2.87. The molecule has 0 aromatic heterocycles. The van der Waals surface area contributed by atoms with Crippen molar-refractivity contribution in [3.8, 4) is 0 Å².